The van der Waals surface area contributed by atoms with Crippen molar-refractivity contribution in [1.82, 2.24) is 10.6 Å². The largest absolute Gasteiger partial charge is 0.467 e. The van der Waals surface area contributed by atoms with Crippen molar-refractivity contribution < 1.29 is 18.7 Å². The number of aliphatic hydroxyl groups is 1. The Balaban J connectivity index is 1.70. The summed E-state index contributed by atoms with van der Waals surface area (Å²) < 4.78 is 16.0. The number of nitrogens with one attached hydrogen (secondary N) is 2. The molecule has 2 heterocycles. The smallest absolute Gasteiger partial charge is 0.191 e. The van der Waals surface area contributed by atoms with Crippen molar-refractivity contribution in [2.45, 2.75) is 32.5 Å². The molecule has 1 unspecified atom stereocenters. The predicted molar refractivity (Wildman–Crippen MR) is 95.2 cm³/mol. The van der Waals surface area contributed by atoms with Gasteiger partial charge >= 0.3 is 0 Å². The first-order valence-corrected chi connectivity index (χ1v) is 8.50. The number of rotatable bonds is 10. The lowest BCUT2D eigenvalue weighted by atomic mass is 10.0. The zero-order valence-electron chi connectivity index (χ0n) is 14.8. The molecule has 0 bridgehead atoms. The molecule has 0 aliphatic rings. The summed E-state index contributed by atoms with van der Waals surface area (Å²) in [5.41, 5.74) is -1.14. The van der Waals surface area contributed by atoms with Gasteiger partial charge in [-0.15, -0.1) is 0 Å². The molecule has 0 saturated carbocycles. The molecule has 7 nitrogen and oxygen atoms in total. The average Bonchev–Trinajstić information content (AvgIpc) is 3.29. The molecule has 0 spiro atoms. The van der Waals surface area contributed by atoms with Gasteiger partial charge in [0.05, 0.1) is 19.1 Å². The first kappa shape index (κ1) is 19.1. The van der Waals surface area contributed by atoms with E-state index in [9.17, 15) is 5.11 Å². The van der Waals surface area contributed by atoms with Crippen molar-refractivity contribution >= 4 is 5.96 Å². The number of aliphatic imine (C=N–C) groups is 1. The van der Waals surface area contributed by atoms with E-state index in [2.05, 4.69) is 15.6 Å². The molecule has 138 valence electrons. The Bertz CT molecular complexity index is 606. The summed E-state index contributed by atoms with van der Waals surface area (Å²) in [6.07, 6.45) is 4.01. The first-order valence-electron chi connectivity index (χ1n) is 8.50. The van der Waals surface area contributed by atoms with Gasteiger partial charge in [-0.1, -0.05) is 0 Å². The summed E-state index contributed by atoms with van der Waals surface area (Å²) in [6.45, 7) is 6.43. The topological polar surface area (TPSA) is 92.2 Å². The van der Waals surface area contributed by atoms with Crippen LogP contribution in [-0.2, 0) is 16.9 Å². The van der Waals surface area contributed by atoms with E-state index in [0.29, 0.717) is 31.5 Å². The Kier molecular flexibility index (Phi) is 7.56. The van der Waals surface area contributed by atoms with Crippen LogP contribution in [0.5, 0.6) is 0 Å². The minimum Gasteiger partial charge on any atom is -0.467 e. The maximum atomic E-state index is 10.4. The van der Waals surface area contributed by atoms with E-state index < -0.39 is 5.60 Å². The Morgan fingerprint density at radius 2 is 2.04 bits per heavy atom. The molecule has 0 amide bonds. The van der Waals surface area contributed by atoms with Gasteiger partial charge < -0.3 is 29.3 Å². The van der Waals surface area contributed by atoms with Crippen molar-refractivity contribution in [2.75, 3.05) is 26.2 Å². The highest BCUT2D eigenvalue weighted by Gasteiger charge is 2.25. The molecule has 0 aliphatic carbocycles. The lowest BCUT2D eigenvalue weighted by Crippen LogP contribution is -2.39. The van der Waals surface area contributed by atoms with Gasteiger partial charge in [0, 0.05) is 19.7 Å². The van der Waals surface area contributed by atoms with Gasteiger partial charge in [-0.25, -0.2) is 4.99 Å². The van der Waals surface area contributed by atoms with Gasteiger partial charge in [-0.05, 0) is 44.5 Å². The highest BCUT2D eigenvalue weighted by molar-refractivity contribution is 5.79. The van der Waals surface area contributed by atoms with Crippen LogP contribution < -0.4 is 10.6 Å². The van der Waals surface area contributed by atoms with E-state index in [-0.39, 0.29) is 6.54 Å². The fraction of sp³-hybridized carbons (Fsp3) is 0.500. The van der Waals surface area contributed by atoms with E-state index in [0.717, 1.165) is 18.7 Å². The zero-order chi connectivity index (χ0) is 18.0. The standard InChI is InChI=1S/C18H27N3O4/c1-3-19-17(21-14-18(2,22)16-8-5-12-25-16)20-9-6-10-23-13-15-7-4-11-24-15/h4-5,7-8,11-12,22H,3,6,9-10,13-14H2,1-2H3,(H2,19,20,21). The Hall–Kier alpha value is -2.25. The van der Waals surface area contributed by atoms with Gasteiger partial charge in [-0.2, -0.15) is 0 Å². The highest BCUT2D eigenvalue weighted by atomic mass is 16.5. The maximum Gasteiger partial charge on any atom is 0.191 e. The van der Waals surface area contributed by atoms with Crippen LogP contribution in [0.15, 0.2) is 50.6 Å². The SMILES string of the molecule is CCNC(=NCC(C)(O)c1ccco1)NCCCOCc1ccco1. The fourth-order valence-corrected chi connectivity index (χ4v) is 2.19. The molecular weight excluding hydrogens is 322 g/mol. The van der Waals surface area contributed by atoms with Crippen LogP contribution >= 0.6 is 0 Å². The molecule has 0 fully saturated rings. The average molecular weight is 349 g/mol. The number of hydrogen-bond donors (Lipinski definition) is 3. The fourth-order valence-electron chi connectivity index (χ4n) is 2.19. The van der Waals surface area contributed by atoms with E-state index in [1.54, 1.807) is 31.6 Å². The van der Waals surface area contributed by atoms with Crippen molar-refractivity contribution in [2.24, 2.45) is 4.99 Å². The van der Waals surface area contributed by atoms with Crippen molar-refractivity contribution in [3.63, 3.8) is 0 Å². The number of furan rings is 2. The van der Waals surface area contributed by atoms with E-state index in [1.165, 1.54) is 0 Å². The monoisotopic (exact) mass is 349 g/mol. The predicted octanol–water partition coefficient (Wildman–Crippen LogP) is 2.24. The second-order valence-electron chi connectivity index (χ2n) is 5.86. The van der Waals surface area contributed by atoms with Gasteiger partial charge in [0.2, 0.25) is 0 Å². The molecule has 1 atom stereocenters. The second kappa shape index (κ2) is 9.90. The van der Waals surface area contributed by atoms with Crippen LogP contribution in [-0.4, -0.2) is 37.3 Å². The van der Waals surface area contributed by atoms with Crippen molar-refractivity contribution in [3.05, 3.63) is 48.3 Å². The first-order chi connectivity index (χ1) is 12.1. The minimum absolute atomic E-state index is 0.199. The molecule has 3 N–H and O–H groups in total. The van der Waals surface area contributed by atoms with Crippen molar-refractivity contribution in [1.29, 1.82) is 0 Å². The number of hydrogen-bond acceptors (Lipinski definition) is 5. The molecule has 0 aliphatic heterocycles. The van der Waals surface area contributed by atoms with Crippen molar-refractivity contribution in [3.8, 4) is 0 Å². The molecule has 0 radical (unpaired) electrons. The molecule has 2 rings (SSSR count). The van der Waals surface area contributed by atoms with Crippen LogP contribution in [0.25, 0.3) is 0 Å². The molecular formula is C18H27N3O4. The normalized spacial score (nSPS) is 14.3. The number of guanidine groups is 1. The van der Waals surface area contributed by atoms with Gasteiger partial charge in [-0.3, -0.25) is 0 Å². The minimum atomic E-state index is -1.14. The maximum absolute atomic E-state index is 10.4. The molecule has 2 aromatic heterocycles. The van der Waals surface area contributed by atoms with E-state index in [4.69, 9.17) is 13.6 Å². The summed E-state index contributed by atoms with van der Waals surface area (Å²) in [6, 6.07) is 7.22. The molecule has 0 aromatic carbocycles. The lowest BCUT2D eigenvalue weighted by Gasteiger charge is -2.19. The van der Waals surface area contributed by atoms with Gasteiger partial charge in [0.1, 0.15) is 23.7 Å². The Labute approximate surface area is 148 Å². The summed E-state index contributed by atoms with van der Waals surface area (Å²) in [5.74, 6) is 1.97. The Morgan fingerprint density at radius 3 is 2.72 bits per heavy atom. The van der Waals surface area contributed by atoms with Gasteiger partial charge in [0.25, 0.3) is 0 Å². The third-order valence-corrected chi connectivity index (χ3v) is 3.52. The van der Waals surface area contributed by atoms with Crippen LogP contribution in [0.4, 0.5) is 0 Å². The molecule has 0 saturated heterocycles. The van der Waals surface area contributed by atoms with Crippen LogP contribution in [0.1, 0.15) is 31.8 Å². The summed E-state index contributed by atoms with van der Waals surface area (Å²) in [5, 5.41) is 16.8. The van der Waals surface area contributed by atoms with E-state index in [1.807, 2.05) is 19.1 Å². The highest BCUT2D eigenvalue weighted by Crippen LogP contribution is 2.20. The molecule has 7 heteroatoms. The van der Waals surface area contributed by atoms with E-state index >= 15 is 0 Å². The molecule has 2 aromatic rings. The third kappa shape index (κ3) is 6.64. The summed E-state index contributed by atoms with van der Waals surface area (Å²) in [4.78, 5) is 4.43. The Morgan fingerprint density at radius 1 is 1.24 bits per heavy atom. The third-order valence-electron chi connectivity index (χ3n) is 3.52. The lowest BCUT2D eigenvalue weighted by molar-refractivity contribution is 0.0437. The molecule has 25 heavy (non-hydrogen) atoms. The number of nitrogens with zero attached hydrogens (tertiary/aromatic N) is 1. The zero-order valence-corrected chi connectivity index (χ0v) is 14.8. The van der Waals surface area contributed by atoms with Crippen LogP contribution in [0.3, 0.4) is 0 Å². The number of ether oxygens (including phenoxy) is 1. The van der Waals surface area contributed by atoms with Crippen LogP contribution in [0, 0.1) is 0 Å². The quantitative estimate of drug-likeness (QED) is 0.346. The van der Waals surface area contributed by atoms with Crippen LogP contribution in [0.2, 0.25) is 0 Å². The second-order valence-corrected chi connectivity index (χ2v) is 5.86. The summed E-state index contributed by atoms with van der Waals surface area (Å²) in [7, 11) is 0. The summed E-state index contributed by atoms with van der Waals surface area (Å²) >= 11 is 0. The van der Waals surface area contributed by atoms with Gasteiger partial charge in [0.15, 0.2) is 5.96 Å².